The maximum atomic E-state index is 10.5. The van der Waals surface area contributed by atoms with Crippen LogP contribution in [0.3, 0.4) is 0 Å². The van der Waals surface area contributed by atoms with E-state index in [1.54, 1.807) is 0 Å². The molecule has 0 aliphatic carbocycles. The van der Waals surface area contributed by atoms with Crippen LogP contribution in [-0.2, 0) is 0 Å². The van der Waals surface area contributed by atoms with Crippen molar-refractivity contribution in [2.45, 2.75) is 64.7 Å². The molecule has 0 bridgehead atoms. The average molecular weight is 310 g/mol. The zero-order valence-corrected chi connectivity index (χ0v) is 14.6. The van der Waals surface area contributed by atoms with Crippen molar-refractivity contribution >= 4 is 0 Å². The van der Waals surface area contributed by atoms with Gasteiger partial charge in [-0.3, -0.25) is 0 Å². The number of aromatic hydroxyl groups is 1. The molecule has 2 aromatic rings. The maximum Gasteiger partial charge on any atom is 0.123 e. The SMILES string of the molecule is CCCCCCC(CCC)c1cccc(O)c1-c1ccccc1. The van der Waals surface area contributed by atoms with Gasteiger partial charge in [0.2, 0.25) is 0 Å². The first-order valence-electron chi connectivity index (χ1n) is 9.15. The molecule has 1 N–H and O–H groups in total. The van der Waals surface area contributed by atoms with Gasteiger partial charge in [-0.2, -0.15) is 0 Å². The van der Waals surface area contributed by atoms with Crippen LogP contribution in [0.5, 0.6) is 5.75 Å². The molecular formula is C22H30O. The van der Waals surface area contributed by atoms with Crippen LogP contribution in [0, 0.1) is 0 Å². The van der Waals surface area contributed by atoms with Crippen molar-refractivity contribution in [2.75, 3.05) is 0 Å². The molecule has 2 aromatic carbocycles. The van der Waals surface area contributed by atoms with Crippen LogP contribution >= 0.6 is 0 Å². The highest BCUT2D eigenvalue weighted by atomic mass is 16.3. The molecule has 0 aliphatic rings. The lowest BCUT2D eigenvalue weighted by atomic mass is 9.84. The lowest BCUT2D eigenvalue weighted by Crippen LogP contribution is -2.02. The van der Waals surface area contributed by atoms with Crippen molar-refractivity contribution in [3.8, 4) is 16.9 Å². The Morgan fingerprint density at radius 3 is 2.26 bits per heavy atom. The molecular weight excluding hydrogens is 280 g/mol. The summed E-state index contributed by atoms with van der Waals surface area (Å²) in [5.41, 5.74) is 3.46. The molecule has 1 atom stereocenters. The van der Waals surface area contributed by atoms with E-state index in [1.807, 2.05) is 30.3 Å². The molecule has 1 heteroatoms. The summed E-state index contributed by atoms with van der Waals surface area (Å²) in [7, 11) is 0. The van der Waals surface area contributed by atoms with Gasteiger partial charge >= 0.3 is 0 Å². The standard InChI is InChI=1S/C22H30O/c1-3-5-6-8-13-18(12-4-2)20-16-11-17-21(23)22(20)19-14-9-7-10-15-19/h7,9-11,14-18,23H,3-6,8,12-13H2,1-2H3. The van der Waals surface area contributed by atoms with Crippen LogP contribution in [0.2, 0.25) is 0 Å². The molecule has 0 saturated carbocycles. The largest absolute Gasteiger partial charge is 0.507 e. The van der Waals surface area contributed by atoms with Crippen LogP contribution in [0.4, 0.5) is 0 Å². The molecule has 124 valence electrons. The molecule has 0 radical (unpaired) electrons. The predicted octanol–water partition coefficient (Wildman–Crippen LogP) is 6.91. The van der Waals surface area contributed by atoms with Crippen molar-refractivity contribution in [3.63, 3.8) is 0 Å². The number of phenols is 1. The summed E-state index contributed by atoms with van der Waals surface area (Å²) in [4.78, 5) is 0. The Kier molecular flexibility index (Phi) is 7.19. The fourth-order valence-electron chi connectivity index (χ4n) is 3.44. The van der Waals surface area contributed by atoms with E-state index in [2.05, 4.69) is 32.0 Å². The van der Waals surface area contributed by atoms with Crippen molar-refractivity contribution in [2.24, 2.45) is 0 Å². The van der Waals surface area contributed by atoms with Gasteiger partial charge in [-0.05, 0) is 36.0 Å². The molecule has 23 heavy (non-hydrogen) atoms. The second-order valence-electron chi connectivity index (χ2n) is 6.44. The summed E-state index contributed by atoms with van der Waals surface area (Å²) >= 11 is 0. The lowest BCUT2D eigenvalue weighted by Gasteiger charge is -2.21. The maximum absolute atomic E-state index is 10.5. The monoisotopic (exact) mass is 310 g/mol. The number of benzene rings is 2. The van der Waals surface area contributed by atoms with Gasteiger partial charge in [0.25, 0.3) is 0 Å². The van der Waals surface area contributed by atoms with Crippen LogP contribution in [0.25, 0.3) is 11.1 Å². The summed E-state index contributed by atoms with van der Waals surface area (Å²) in [6, 6.07) is 16.3. The summed E-state index contributed by atoms with van der Waals surface area (Å²) in [5.74, 6) is 0.947. The third-order valence-electron chi connectivity index (χ3n) is 4.62. The van der Waals surface area contributed by atoms with E-state index in [0.717, 1.165) is 11.1 Å². The lowest BCUT2D eigenvalue weighted by molar-refractivity contribution is 0.473. The number of phenolic OH excluding ortho intramolecular Hbond substituents is 1. The first-order chi connectivity index (χ1) is 11.3. The zero-order chi connectivity index (χ0) is 16.5. The van der Waals surface area contributed by atoms with Crippen molar-refractivity contribution in [1.29, 1.82) is 0 Å². The number of hydrogen-bond donors (Lipinski definition) is 1. The third-order valence-corrected chi connectivity index (χ3v) is 4.62. The Morgan fingerprint density at radius 2 is 1.57 bits per heavy atom. The Balaban J connectivity index is 2.29. The van der Waals surface area contributed by atoms with E-state index < -0.39 is 0 Å². The minimum atomic E-state index is 0.406. The highest BCUT2D eigenvalue weighted by Gasteiger charge is 2.18. The summed E-state index contributed by atoms with van der Waals surface area (Å²) in [5, 5.41) is 10.5. The topological polar surface area (TPSA) is 20.2 Å². The number of hydrogen-bond acceptors (Lipinski definition) is 1. The van der Waals surface area contributed by atoms with E-state index in [-0.39, 0.29) is 0 Å². The molecule has 0 spiro atoms. The summed E-state index contributed by atoms with van der Waals surface area (Å²) in [6.07, 6.45) is 8.79. The molecule has 0 heterocycles. The fourth-order valence-corrected chi connectivity index (χ4v) is 3.44. The highest BCUT2D eigenvalue weighted by Crippen LogP contribution is 2.39. The van der Waals surface area contributed by atoms with Crippen LogP contribution < -0.4 is 0 Å². The van der Waals surface area contributed by atoms with E-state index in [1.165, 1.54) is 50.5 Å². The highest BCUT2D eigenvalue weighted by molar-refractivity contribution is 5.74. The average Bonchev–Trinajstić information content (AvgIpc) is 2.58. The van der Waals surface area contributed by atoms with Crippen molar-refractivity contribution in [3.05, 3.63) is 54.1 Å². The smallest absolute Gasteiger partial charge is 0.123 e. The first-order valence-corrected chi connectivity index (χ1v) is 9.15. The van der Waals surface area contributed by atoms with Crippen LogP contribution in [0.1, 0.15) is 70.3 Å². The minimum Gasteiger partial charge on any atom is -0.507 e. The molecule has 1 nitrogen and oxygen atoms in total. The number of rotatable bonds is 9. The van der Waals surface area contributed by atoms with Crippen molar-refractivity contribution < 1.29 is 5.11 Å². The Hall–Kier alpha value is -1.76. The van der Waals surface area contributed by atoms with Gasteiger partial charge in [0.15, 0.2) is 0 Å². The molecule has 0 aromatic heterocycles. The second kappa shape index (κ2) is 9.39. The Bertz CT molecular complexity index is 574. The van der Waals surface area contributed by atoms with E-state index >= 15 is 0 Å². The summed E-state index contributed by atoms with van der Waals surface area (Å²) < 4.78 is 0. The van der Waals surface area contributed by atoms with Gasteiger partial charge in [-0.1, -0.05) is 88.4 Å². The van der Waals surface area contributed by atoms with E-state index in [4.69, 9.17) is 0 Å². The zero-order valence-electron chi connectivity index (χ0n) is 14.6. The normalized spacial score (nSPS) is 12.3. The Labute approximate surface area is 141 Å². The summed E-state index contributed by atoms with van der Waals surface area (Å²) in [6.45, 7) is 4.51. The quantitative estimate of drug-likeness (QED) is 0.499. The van der Waals surface area contributed by atoms with Gasteiger partial charge in [0.05, 0.1) is 0 Å². The molecule has 0 saturated heterocycles. The van der Waals surface area contributed by atoms with E-state index in [0.29, 0.717) is 11.7 Å². The Morgan fingerprint density at radius 1 is 0.783 bits per heavy atom. The van der Waals surface area contributed by atoms with Gasteiger partial charge in [-0.15, -0.1) is 0 Å². The second-order valence-corrected chi connectivity index (χ2v) is 6.44. The van der Waals surface area contributed by atoms with Crippen LogP contribution in [-0.4, -0.2) is 5.11 Å². The van der Waals surface area contributed by atoms with Gasteiger partial charge in [0.1, 0.15) is 5.75 Å². The number of unbranched alkanes of at least 4 members (excludes halogenated alkanes) is 3. The first kappa shape index (κ1) is 17.6. The van der Waals surface area contributed by atoms with Crippen LogP contribution in [0.15, 0.2) is 48.5 Å². The minimum absolute atomic E-state index is 0.406. The van der Waals surface area contributed by atoms with Gasteiger partial charge in [-0.25, -0.2) is 0 Å². The molecule has 0 amide bonds. The molecule has 0 fully saturated rings. The fraction of sp³-hybridized carbons (Fsp3) is 0.455. The predicted molar refractivity (Wildman–Crippen MR) is 100.0 cm³/mol. The molecule has 0 aliphatic heterocycles. The van der Waals surface area contributed by atoms with E-state index in [9.17, 15) is 5.11 Å². The third kappa shape index (κ3) is 4.86. The van der Waals surface area contributed by atoms with Gasteiger partial charge < -0.3 is 5.11 Å². The van der Waals surface area contributed by atoms with Gasteiger partial charge in [0, 0.05) is 5.56 Å². The van der Waals surface area contributed by atoms with Crippen molar-refractivity contribution in [1.82, 2.24) is 0 Å². The molecule has 1 unspecified atom stereocenters. The molecule has 2 rings (SSSR count).